The van der Waals surface area contributed by atoms with Crippen LogP contribution in [0.3, 0.4) is 0 Å². The molecule has 0 bridgehead atoms. The highest BCUT2D eigenvalue weighted by Crippen LogP contribution is 2.08. The smallest absolute Gasteiger partial charge is 0.154 e. The van der Waals surface area contributed by atoms with Crippen molar-refractivity contribution < 1.29 is 19.1 Å². The Morgan fingerprint density at radius 1 is 0.944 bits per heavy atom. The van der Waals surface area contributed by atoms with Gasteiger partial charge in [0.1, 0.15) is 11.6 Å². The van der Waals surface area contributed by atoms with E-state index in [2.05, 4.69) is 13.2 Å². The average molecular weight is 258 g/mol. The fourth-order valence-corrected chi connectivity index (χ4v) is 1.33. The van der Waals surface area contributed by atoms with Gasteiger partial charge in [0, 0.05) is 38.9 Å². The maximum absolute atomic E-state index is 10.5. The topological polar surface area (TPSA) is 52.6 Å². The van der Waals surface area contributed by atoms with Crippen LogP contribution < -0.4 is 0 Å². The summed E-state index contributed by atoms with van der Waals surface area (Å²) in [5, 5.41) is 0. The molecule has 1 aliphatic carbocycles. The summed E-state index contributed by atoms with van der Waals surface area (Å²) < 4.78 is 10.1. The highest BCUT2D eigenvalue weighted by molar-refractivity contribution is 5.92. The van der Waals surface area contributed by atoms with Crippen LogP contribution in [-0.4, -0.2) is 31.1 Å². The highest BCUT2D eigenvalue weighted by Gasteiger charge is 2.13. The number of carbonyl (C=O) groups is 2. The third-order valence-electron chi connectivity index (χ3n) is 2.17. The summed E-state index contributed by atoms with van der Waals surface area (Å²) in [6, 6.07) is 0. The highest BCUT2D eigenvalue weighted by atomic mass is 16.7. The number of carbonyl (C=O) groups excluding carboxylic acids is 2. The van der Waals surface area contributed by atoms with Crippen molar-refractivity contribution >= 4 is 11.6 Å². The summed E-state index contributed by atoms with van der Waals surface area (Å²) in [5.74, 6) is 0.481. The second kappa shape index (κ2) is 14.1. The minimum atomic E-state index is -0.0370. The average Bonchev–Trinajstić information content (AvgIpc) is 2.37. The number of hydrogen-bond acceptors (Lipinski definition) is 4. The van der Waals surface area contributed by atoms with Gasteiger partial charge < -0.3 is 9.47 Å². The first kappa shape index (κ1) is 19.3. The van der Waals surface area contributed by atoms with Crippen molar-refractivity contribution in [2.24, 2.45) is 0 Å². The Morgan fingerprint density at radius 2 is 1.22 bits per heavy atom. The van der Waals surface area contributed by atoms with Crippen LogP contribution in [0.5, 0.6) is 0 Å². The first-order chi connectivity index (χ1) is 8.60. The summed E-state index contributed by atoms with van der Waals surface area (Å²) in [4.78, 5) is 20.9. The Balaban J connectivity index is 0. The minimum Gasteiger partial charge on any atom is -0.353 e. The monoisotopic (exact) mass is 258 g/mol. The van der Waals surface area contributed by atoms with E-state index < -0.39 is 0 Å². The SMILES string of the molecule is C=C.CCOC(C)OCC.O=C1CCC(=O)CC1. The lowest BCUT2D eigenvalue weighted by Crippen LogP contribution is -2.12. The molecule has 1 fully saturated rings. The molecule has 0 atom stereocenters. The van der Waals surface area contributed by atoms with Gasteiger partial charge in [-0.15, -0.1) is 13.2 Å². The Hall–Kier alpha value is -1.00. The van der Waals surface area contributed by atoms with Crippen LogP contribution >= 0.6 is 0 Å². The van der Waals surface area contributed by atoms with Gasteiger partial charge in [-0.25, -0.2) is 0 Å². The van der Waals surface area contributed by atoms with Gasteiger partial charge in [0.2, 0.25) is 0 Å². The molecule has 0 radical (unpaired) electrons. The van der Waals surface area contributed by atoms with Crippen LogP contribution in [0.2, 0.25) is 0 Å². The van der Waals surface area contributed by atoms with Crippen molar-refractivity contribution in [2.45, 2.75) is 52.7 Å². The number of hydrogen-bond donors (Lipinski definition) is 0. The molecule has 0 aromatic rings. The maximum atomic E-state index is 10.5. The summed E-state index contributed by atoms with van der Waals surface area (Å²) in [5.41, 5.74) is 0. The molecule has 1 saturated carbocycles. The van der Waals surface area contributed by atoms with Crippen LogP contribution in [-0.2, 0) is 19.1 Å². The molecule has 0 N–H and O–H groups in total. The third kappa shape index (κ3) is 13.1. The molecule has 4 nitrogen and oxygen atoms in total. The molecule has 106 valence electrons. The van der Waals surface area contributed by atoms with Gasteiger partial charge in [-0.05, 0) is 20.8 Å². The molecule has 1 aliphatic rings. The Bertz CT molecular complexity index is 192. The largest absolute Gasteiger partial charge is 0.353 e. The summed E-state index contributed by atoms with van der Waals surface area (Å²) in [7, 11) is 0. The van der Waals surface area contributed by atoms with E-state index in [1.807, 2.05) is 20.8 Å². The lowest BCUT2D eigenvalue weighted by Gasteiger charge is -2.09. The van der Waals surface area contributed by atoms with Crippen molar-refractivity contribution in [1.29, 1.82) is 0 Å². The normalized spacial score (nSPS) is 14.4. The number of ketones is 2. The van der Waals surface area contributed by atoms with Gasteiger partial charge in [0.05, 0.1) is 0 Å². The van der Waals surface area contributed by atoms with E-state index >= 15 is 0 Å². The lowest BCUT2D eigenvalue weighted by atomic mass is 9.98. The van der Waals surface area contributed by atoms with Crippen LogP contribution in [0.1, 0.15) is 46.5 Å². The number of ether oxygens (including phenoxy) is 2. The maximum Gasteiger partial charge on any atom is 0.154 e. The molecule has 0 saturated heterocycles. The third-order valence-corrected chi connectivity index (χ3v) is 2.17. The molecule has 0 unspecified atom stereocenters. The van der Waals surface area contributed by atoms with E-state index in [-0.39, 0.29) is 17.9 Å². The van der Waals surface area contributed by atoms with Crippen LogP contribution in [0.25, 0.3) is 0 Å². The quantitative estimate of drug-likeness (QED) is 0.574. The van der Waals surface area contributed by atoms with E-state index in [4.69, 9.17) is 9.47 Å². The molecular formula is C14H26O4. The van der Waals surface area contributed by atoms with E-state index in [1.165, 1.54) is 0 Å². The van der Waals surface area contributed by atoms with Crippen molar-refractivity contribution in [3.8, 4) is 0 Å². The van der Waals surface area contributed by atoms with Crippen molar-refractivity contribution in [1.82, 2.24) is 0 Å². The second-order valence-electron chi connectivity index (χ2n) is 3.56. The van der Waals surface area contributed by atoms with E-state index in [9.17, 15) is 9.59 Å². The van der Waals surface area contributed by atoms with Gasteiger partial charge in [-0.1, -0.05) is 0 Å². The van der Waals surface area contributed by atoms with E-state index in [1.54, 1.807) is 0 Å². The summed E-state index contributed by atoms with van der Waals surface area (Å²) in [6.45, 7) is 13.3. The molecule has 0 spiro atoms. The molecule has 18 heavy (non-hydrogen) atoms. The van der Waals surface area contributed by atoms with Gasteiger partial charge in [0.25, 0.3) is 0 Å². The predicted octanol–water partition coefficient (Wildman–Crippen LogP) is 2.91. The molecule has 0 aliphatic heterocycles. The summed E-state index contributed by atoms with van der Waals surface area (Å²) >= 11 is 0. The standard InChI is InChI=1S/C6H8O2.C6H14O2.C2H4/c7-5-1-2-6(8)4-3-5;1-4-7-6(3)8-5-2;1-2/h1-4H2;6H,4-5H2,1-3H3;1-2H2. The van der Waals surface area contributed by atoms with E-state index in [0.717, 1.165) is 13.2 Å². The molecule has 0 amide bonds. The van der Waals surface area contributed by atoms with Crippen LogP contribution in [0.15, 0.2) is 13.2 Å². The Labute approximate surface area is 110 Å². The lowest BCUT2D eigenvalue weighted by molar-refractivity contribution is -0.128. The Morgan fingerprint density at radius 3 is 1.44 bits per heavy atom. The summed E-state index contributed by atoms with van der Waals surface area (Å²) in [6.07, 6.45) is 1.90. The van der Waals surface area contributed by atoms with Crippen molar-refractivity contribution in [3.05, 3.63) is 13.2 Å². The predicted molar refractivity (Wildman–Crippen MR) is 72.5 cm³/mol. The number of Topliss-reactive ketones (excluding diaryl/α,β-unsaturated/α-hetero) is 2. The van der Waals surface area contributed by atoms with Crippen LogP contribution in [0.4, 0.5) is 0 Å². The fraction of sp³-hybridized carbons (Fsp3) is 0.714. The zero-order valence-corrected chi connectivity index (χ0v) is 11.9. The van der Waals surface area contributed by atoms with Gasteiger partial charge in [-0.2, -0.15) is 0 Å². The number of rotatable bonds is 4. The zero-order valence-electron chi connectivity index (χ0n) is 11.9. The molecule has 0 aromatic carbocycles. The first-order valence-electron chi connectivity index (χ1n) is 6.36. The first-order valence-corrected chi connectivity index (χ1v) is 6.36. The molecule has 1 rings (SSSR count). The zero-order chi connectivity index (χ0) is 14.4. The van der Waals surface area contributed by atoms with Gasteiger partial charge in [0.15, 0.2) is 6.29 Å². The van der Waals surface area contributed by atoms with Crippen molar-refractivity contribution in [3.63, 3.8) is 0 Å². The molecule has 0 heterocycles. The molecule has 4 heteroatoms. The van der Waals surface area contributed by atoms with Gasteiger partial charge >= 0.3 is 0 Å². The molecule has 0 aromatic heterocycles. The second-order valence-corrected chi connectivity index (χ2v) is 3.56. The minimum absolute atomic E-state index is 0.0370. The molecular weight excluding hydrogens is 232 g/mol. The fourth-order valence-electron chi connectivity index (χ4n) is 1.33. The Kier molecular flexibility index (Phi) is 15.1. The van der Waals surface area contributed by atoms with Crippen molar-refractivity contribution in [2.75, 3.05) is 13.2 Å². The van der Waals surface area contributed by atoms with Crippen LogP contribution in [0, 0.1) is 0 Å². The van der Waals surface area contributed by atoms with Gasteiger partial charge in [-0.3, -0.25) is 9.59 Å². The van der Waals surface area contributed by atoms with E-state index in [0.29, 0.717) is 25.7 Å².